The van der Waals surface area contributed by atoms with Crippen molar-refractivity contribution in [3.05, 3.63) is 22.2 Å². The van der Waals surface area contributed by atoms with Gasteiger partial charge in [0.05, 0.1) is 12.2 Å². The molecule has 1 fully saturated rings. The summed E-state index contributed by atoms with van der Waals surface area (Å²) in [5.74, 6) is -0.261. The molecule has 3 unspecified atom stereocenters. The Morgan fingerprint density at radius 2 is 2.22 bits per heavy atom. The van der Waals surface area contributed by atoms with Crippen LogP contribution in [-0.2, 0) is 13.8 Å². The van der Waals surface area contributed by atoms with Gasteiger partial charge in [-0.1, -0.05) is 0 Å². The van der Waals surface area contributed by atoms with E-state index in [-0.39, 0.29) is 18.0 Å². The number of halogens is 1. The minimum absolute atomic E-state index is 0.0755. The minimum Gasteiger partial charge on any atom is -0.387 e. The number of aliphatic hydroxyl groups is 2. The number of aldehydes is 1. The van der Waals surface area contributed by atoms with E-state index in [9.17, 15) is 24.4 Å². The second kappa shape index (κ2) is 6.68. The Balaban J connectivity index is 2.26. The number of nitrogens with zero attached hydrogens (tertiary/aromatic N) is 2. The molecule has 4 N–H and O–H groups in total. The van der Waals surface area contributed by atoms with E-state index >= 15 is 0 Å². The number of nitrogens with two attached hydrogens (primary N) is 1. The maximum absolute atomic E-state index is 11.9. The summed E-state index contributed by atoms with van der Waals surface area (Å²) in [6.07, 6.45) is -3.87. The van der Waals surface area contributed by atoms with Gasteiger partial charge < -0.3 is 25.2 Å². The second-order valence-corrected chi connectivity index (χ2v) is 8.57. The molecule has 0 saturated carbocycles. The third-order valence-corrected chi connectivity index (χ3v) is 4.12. The molecule has 12 heteroatoms. The summed E-state index contributed by atoms with van der Waals surface area (Å²) in [5.41, 5.74) is 4.46. The molecule has 1 aromatic rings. The summed E-state index contributed by atoms with van der Waals surface area (Å²) >= 11 is 5.45. The first-order valence-electron chi connectivity index (χ1n) is 6.41. The number of nitrogen functional groups attached to an aromatic ring is 1. The first-order chi connectivity index (χ1) is 10.6. The van der Waals surface area contributed by atoms with Crippen molar-refractivity contribution in [2.24, 2.45) is 0 Å². The lowest BCUT2D eigenvalue weighted by molar-refractivity contribution is -0.0509. The van der Waals surface area contributed by atoms with E-state index in [1.807, 2.05) is 0 Å². The summed E-state index contributed by atoms with van der Waals surface area (Å²) in [7, 11) is 0. The van der Waals surface area contributed by atoms with Gasteiger partial charge >= 0.3 is 5.69 Å². The van der Waals surface area contributed by atoms with Gasteiger partial charge in [0.2, 0.25) is 0 Å². The molecule has 1 aliphatic heterocycles. The molecule has 1 saturated heterocycles. The Morgan fingerprint density at radius 3 is 2.78 bits per heavy atom. The number of carbonyl (C=O) groups excluding carboxylic acids is 1. The van der Waals surface area contributed by atoms with E-state index < -0.39 is 37.0 Å². The van der Waals surface area contributed by atoms with Crippen molar-refractivity contribution in [2.75, 3.05) is 19.0 Å². The largest absolute Gasteiger partial charge is 0.387 e. The first kappa shape index (κ1) is 18.1. The van der Waals surface area contributed by atoms with E-state index in [1.165, 1.54) is 0 Å². The summed E-state index contributed by atoms with van der Waals surface area (Å²) in [6, 6.07) is 0. The van der Waals surface area contributed by atoms with E-state index in [2.05, 4.69) is 4.98 Å². The van der Waals surface area contributed by atoms with E-state index in [0.717, 1.165) is 17.4 Å². The van der Waals surface area contributed by atoms with Crippen molar-refractivity contribution < 1.29 is 28.8 Å². The number of ether oxygens (including phenoxy) is 1. The highest BCUT2D eigenvalue weighted by Gasteiger charge is 2.44. The molecule has 0 radical (unpaired) electrons. The predicted octanol–water partition coefficient (Wildman–Crippen LogP) is -0.665. The van der Waals surface area contributed by atoms with Gasteiger partial charge in [-0.25, -0.2) is 4.79 Å². The van der Waals surface area contributed by atoms with Crippen molar-refractivity contribution in [3.63, 3.8) is 0 Å². The predicted molar refractivity (Wildman–Crippen MR) is 79.6 cm³/mol. The molecular formula is C11H15ClN3O7P. The Hall–Kier alpha value is -1.29. The Bertz CT molecular complexity index is 705. The lowest BCUT2D eigenvalue weighted by Crippen LogP contribution is -2.36. The van der Waals surface area contributed by atoms with Crippen molar-refractivity contribution in [2.45, 2.75) is 24.5 Å². The van der Waals surface area contributed by atoms with Gasteiger partial charge in [0.1, 0.15) is 24.1 Å². The van der Waals surface area contributed by atoms with Gasteiger partial charge in [0.25, 0.3) is 6.72 Å². The molecule has 0 amide bonds. The highest BCUT2D eigenvalue weighted by atomic mass is 35.7. The standard InChI is InChI=1S/C11H15ClN3O7P/c1-23(12,20)21-4-6-7(17)8(18)10(22-6)15-2-5(3-16)9(13)14-11(15)19/h2-3,6-8,10,17-18H,4H2,1H3,(H2,13,14,19)/t6-,7?,8?,10-,23?/m1/s1. The highest BCUT2D eigenvalue weighted by Crippen LogP contribution is 2.48. The van der Waals surface area contributed by atoms with Crippen molar-refractivity contribution in [1.82, 2.24) is 9.55 Å². The average Bonchev–Trinajstić information content (AvgIpc) is 2.73. The van der Waals surface area contributed by atoms with Gasteiger partial charge in [-0.05, 0) is 11.2 Å². The zero-order chi connectivity index (χ0) is 17.4. The number of hydrogen-bond acceptors (Lipinski definition) is 9. The summed E-state index contributed by atoms with van der Waals surface area (Å²) < 4.78 is 22.4. The van der Waals surface area contributed by atoms with Gasteiger partial charge in [-0.15, -0.1) is 0 Å². The van der Waals surface area contributed by atoms with Gasteiger partial charge in [-0.3, -0.25) is 13.9 Å². The fourth-order valence-electron chi connectivity index (χ4n) is 2.07. The van der Waals surface area contributed by atoms with Crippen LogP contribution in [0.2, 0.25) is 0 Å². The van der Waals surface area contributed by atoms with Crippen LogP contribution >= 0.6 is 18.0 Å². The van der Waals surface area contributed by atoms with Gasteiger partial charge in [0.15, 0.2) is 12.5 Å². The monoisotopic (exact) mass is 367 g/mol. The van der Waals surface area contributed by atoms with Crippen LogP contribution in [0.25, 0.3) is 0 Å². The molecule has 2 rings (SSSR count). The molecule has 128 valence electrons. The molecule has 0 spiro atoms. The van der Waals surface area contributed by atoms with Gasteiger partial charge in [-0.2, -0.15) is 4.98 Å². The van der Waals surface area contributed by atoms with Crippen molar-refractivity contribution >= 4 is 30.1 Å². The fourth-order valence-corrected chi connectivity index (χ4v) is 2.66. The number of aliphatic hydroxyl groups excluding tert-OH is 2. The van der Waals surface area contributed by atoms with Gasteiger partial charge in [0, 0.05) is 12.9 Å². The number of aromatic nitrogens is 2. The Kier molecular flexibility index (Phi) is 5.24. The van der Waals surface area contributed by atoms with Crippen molar-refractivity contribution in [3.8, 4) is 0 Å². The van der Waals surface area contributed by atoms with E-state index in [4.69, 9.17) is 26.2 Å². The van der Waals surface area contributed by atoms with Crippen LogP contribution in [0, 0.1) is 0 Å². The SMILES string of the molecule is CP(=O)(Cl)OC[C@H]1O[C@@H](n2cc(C=O)c(N)nc2=O)C(O)C1O. The topological polar surface area (TPSA) is 154 Å². The number of rotatable bonds is 5. The molecule has 0 aliphatic carbocycles. The van der Waals surface area contributed by atoms with Crippen LogP contribution in [0.1, 0.15) is 16.6 Å². The molecule has 1 aliphatic rings. The third-order valence-electron chi connectivity index (χ3n) is 3.22. The lowest BCUT2D eigenvalue weighted by Gasteiger charge is -2.17. The first-order valence-corrected chi connectivity index (χ1v) is 9.39. The molecule has 23 heavy (non-hydrogen) atoms. The normalized spacial score (nSPS) is 30.1. The van der Waals surface area contributed by atoms with E-state index in [1.54, 1.807) is 0 Å². The second-order valence-electron chi connectivity index (χ2n) is 4.98. The lowest BCUT2D eigenvalue weighted by atomic mass is 10.1. The summed E-state index contributed by atoms with van der Waals surface area (Å²) in [4.78, 5) is 26.2. The fraction of sp³-hybridized carbons (Fsp3) is 0.545. The summed E-state index contributed by atoms with van der Waals surface area (Å²) in [6.45, 7) is -2.53. The van der Waals surface area contributed by atoms with Crippen molar-refractivity contribution in [1.29, 1.82) is 0 Å². The van der Waals surface area contributed by atoms with Crippen LogP contribution in [0.3, 0.4) is 0 Å². The quantitative estimate of drug-likeness (QED) is 0.454. The molecule has 0 aromatic carbocycles. The zero-order valence-corrected chi connectivity index (χ0v) is 13.6. The molecule has 2 heterocycles. The zero-order valence-electron chi connectivity index (χ0n) is 11.9. The maximum atomic E-state index is 11.9. The molecule has 0 bridgehead atoms. The average molecular weight is 368 g/mol. The Labute approximate surface area is 135 Å². The molecule has 5 atom stereocenters. The summed E-state index contributed by atoms with van der Waals surface area (Å²) in [5, 5.41) is 20.0. The smallest absolute Gasteiger partial charge is 0.351 e. The number of carbonyl (C=O) groups is 1. The van der Waals surface area contributed by atoms with Crippen LogP contribution in [-0.4, -0.2) is 57.6 Å². The molecule has 1 aromatic heterocycles. The van der Waals surface area contributed by atoms with Crippen LogP contribution in [0.5, 0.6) is 0 Å². The number of hydrogen-bond donors (Lipinski definition) is 3. The molecule has 10 nitrogen and oxygen atoms in total. The van der Waals surface area contributed by atoms with E-state index in [0.29, 0.717) is 6.29 Å². The minimum atomic E-state index is -3.33. The van der Waals surface area contributed by atoms with Crippen LogP contribution < -0.4 is 11.4 Å². The van der Waals surface area contributed by atoms with Crippen LogP contribution in [0.15, 0.2) is 11.0 Å². The highest BCUT2D eigenvalue weighted by molar-refractivity contribution is 7.84. The Morgan fingerprint density at radius 1 is 1.57 bits per heavy atom. The maximum Gasteiger partial charge on any atom is 0.351 e. The number of anilines is 1. The molecular weight excluding hydrogens is 353 g/mol. The third kappa shape index (κ3) is 3.97. The van der Waals surface area contributed by atoms with Crippen LogP contribution in [0.4, 0.5) is 5.82 Å².